The summed E-state index contributed by atoms with van der Waals surface area (Å²) in [6.07, 6.45) is 8.66. The van der Waals surface area contributed by atoms with Gasteiger partial charge >= 0.3 is 0 Å². The van der Waals surface area contributed by atoms with Crippen molar-refractivity contribution in [1.29, 1.82) is 0 Å². The van der Waals surface area contributed by atoms with Crippen molar-refractivity contribution < 1.29 is 0 Å². The quantitative estimate of drug-likeness (QED) is 0.763. The average Bonchev–Trinajstić information content (AvgIpc) is 3.15. The third kappa shape index (κ3) is 1.73. The molecule has 0 amide bonds. The van der Waals surface area contributed by atoms with E-state index in [1.165, 1.54) is 25.7 Å². The molecule has 96 valence electrons. The molecule has 0 radical (unpaired) electrons. The standard InChI is InChI=1S/C14H15N5/c1-2-6-10(5-1)19-14-12(9-16-19)17-13(18-14)11-7-3-4-8-15-11/h3-4,7-10H,1-2,5-6H2,(H,17,18). The molecule has 0 aromatic carbocycles. The third-order valence-electron chi connectivity index (χ3n) is 3.82. The lowest BCUT2D eigenvalue weighted by Crippen LogP contribution is -2.06. The Morgan fingerprint density at radius 1 is 1.21 bits per heavy atom. The van der Waals surface area contributed by atoms with Gasteiger partial charge in [0.25, 0.3) is 0 Å². The number of fused-ring (bicyclic) bond motifs is 1. The van der Waals surface area contributed by atoms with Crippen molar-refractivity contribution in [2.45, 2.75) is 31.7 Å². The van der Waals surface area contributed by atoms with Crippen molar-refractivity contribution in [2.75, 3.05) is 0 Å². The molecule has 0 spiro atoms. The molecule has 3 aromatic rings. The molecule has 0 atom stereocenters. The van der Waals surface area contributed by atoms with Crippen molar-refractivity contribution in [2.24, 2.45) is 0 Å². The van der Waals surface area contributed by atoms with Crippen LogP contribution in [0.3, 0.4) is 0 Å². The summed E-state index contributed by atoms with van der Waals surface area (Å²) in [7, 11) is 0. The Balaban J connectivity index is 1.80. The van der Waals surface area contributed by atoms with Crippen LogP contribution in [0.15, 0.2) is 30.6 Å². The number of aromatic nitrogens is 5. The van der Waals surface area contributed by atoms with Gasteiger partial charge in [-0.25, -0.2) is 9.67 Å². The number of hydrogen-bond acceptors (Lipinski definition) is 3. The Bertz CT molecular complexity index is 691. The maximum atomic E-state index is 4.67. The topological polar surface area (TPSA) is 59.4 Å². The molecule has 1 fully saturated rings. The fraction of sp³-hybridized carbons (Fsp3) is 0.357. The lowest BCUT2D eigenvalue weighted by molar-refractivity contribution is 0.479. The Morgan fingerprint density at radius 2 is 2.11 bits per heavy atom. The summed E-state index contributed by atoms with van der Waals surface area (Å²) in [5.41, 5.74) is 2.82. The zero-order chi connectivity index (χ0) is 12.7. The molecule has 0 unspecified atom stereocenters. The zero-order valence-electron chi connectivity index (χ0n) is 10.6. The van der Waals surface area contributed by atoms with Crippen LogP contribution in [0.2, 0.25) is 0 Å². The summed E-state index contributed by atoms with van der Waals surface area (Å²) >= 11 is 0. The van der Waals surface area contributed by atoms with E-state index >= 15 is 0 Å². The molecule has 0 bridgehead atoms. The number of H-pyrrole nitrogens is 1. The minimum atomic E-state index is 0.511. The molecular weight excluding hydrogens is 238 g/mol. The SMILES string of the molecule is c1ccc(-c2nc3c(cnn3C3CCCC3)[nH]2)nc1. The van der Waals surface area contributed by atoms with Crippen molar-refractivity contribution in [3.8, 4) is 11.5 Å². The van der Waals surface area contributed by atoms with E-state index in [1.54, 1.807) is 6.20 Å². The Morgan fingerprint density at radius 3 is 2.89 bits per heavy atom. The molecule has 4 rings (SSSR count). The van der Waals surface area contributed by atoms with Crippen LogP contribution in [-0.2, 0) is 0 Å². The minimum absolute atomic E-state index is 0.511. The number of nitrogens with zero attached hydrogens (tertiary/aromatic N) is 4. The van der Waals surface area contributed by atoms with E-state index < -0.39 is 0 Å². The summed E-state index contributed by atoms with van der Waals surface area (Å²) in [5, 5.41) is 4.47. The van der Waals surface area contributed by atoms with Gasteiger partial charge in [0.15, 0.2) is 11.5 Å². The predicted molar refractivity (Wildman–Crippen MR) is 72.6 cm³/mol. The highest BCUT2D eigenvalue weighted by Crippen LogP contribution is 2.31. The van der Waals surface area contributed by atoms with Gasteiger partial charge in [0, 0.05) is 6.20 Å². The summed E-state index contributed by atoms with van der Waals surface area (Å²) < 4.78 is 2.07. The summed E-state index contributed by atoms with van der Waals surface area (Å²) in [5.74, 6) is 0.819. The molecular formula is C14H15N5. The first-order chi connectivity index (χ1) is 9.42. The van der Waals surface area contributed by atoms with Gasteiger partial charge < -0.3 is 4.98 Å². The largest absolute Gasteiger partial charge is 0.334 e. The number of hydrogen-bond donors (Lipinski definition) is 1. The number of nitrogens with one attached hydrogen (secondary N) is 1. The smallest absolute Gasteiger partial charge is 0.177 e. The number of aromatic amines is 1. The van der Waals surface area contributed by atoms with Crippen LogP contribution in [-0.4, -0.2) is 24.7 Å². The van der Waals surface area contributed by atoms with E-state index in [4.69, 9.17) is 0 Å². The van der Waals surface area contributed by atoms with Gasteiger partial charge in [-0.05, 0) is 25.0 Å². The van der Waals surface area contributed by atoms with Gasteiger partial charge in [0.1, 0.15) is 11.2 Å². The molecule has 5 nitrogen and oxygen atoms in total. The minimum Gasteiger partial charge on any atom is -0.334 e. The van der Waals surface area contributed by atoms with E-state index in [1.807, 2.05) is 24.4 Å². The highest BCUT2D eigenvalue weighted by Gasteiger charge is 2.21. The molecule has 0 saturated heterocycles. The molecule has 3 heterocycles. The molecule has 1 N–H and O–H groups in total. The van der Waals surface area contributed by atoms with Crippen LogP contribution in [0.25, 0.3) is 22.7 Å². The monoisotopic (exact) mass is 253 g/mol. The predicted octanol–water partition coefficient (Wildman–Crippen LogP) is 2.94. The van der Waals surface area contributed by atoms with E-state index in [0.29, 0.717) is 6.04 Å². The summed E-state index contributed by atoms with van der Waals surface area (Å²) in [6.45, 7) is 0. The highest BCUT2D eigenvalue weighted by molar-refractivity contribution is 5.75. The Labute approximate surface area is 110 Å². The van der Waals surface area contributed by atoms with Crippen molar-refractivity contribution in [1.82, 2.24) is 24.7 Å². The third-order valence-corrected chi connectivity index (χ3v) is 3.82. The molecule has 1 aliphatic rings. The van der Waals surface area contributed by atoms with Crippen LogP contribution >= 0.6 is 0 Å². The van der Waals surface area contributed by atoms with Gasteiger partial charge in [-0.1, -0.05) is 18.9 Å². The van der Waals surface area contributed by atoms with Gasteiger partial charge in [0.05, 0.1) is 12.2 Å². The highest BCUT2D eigenvalue weighted by atomic mass is 15.3. The molecule has 1 saturated carbocycles. The molecule has 3 aromatic heterocycles. The second-order valence-electron chi connectivity index (χ2n) is 5.07. The normalized spacial score (nSPS) is 16.4. The van der Waals surface area contributed by atoms with Crippen molar-refractivity contribution in [3.05, 3.63) is 30.6 Å². The van der Waals surface area contributed by atoms with E-state index in [0.717, 1.165) is 22.7 Å². The van der Waals surface area contributed by atoms with Gasteiger partial charge in [0.2, 0.25) is 0 Å². The second-order valence-corrected chi connectivity index (χ2v) is 5.07. The van der Waals surface area contributed by atoms with Gasteiger partial charge in [-0.3, -0.25) is 4.98 Å². The average molecular weight is 253 g/mol. The first-order valence-electron chi connectivity index (χ1n) is 6.76. The molecule has 0 aliphatic heterocycles. The summed E-state index contributed by atoms with van der Waals surface area (Å²) in [6, 6.07) is 6.35. The first kappa shape index (κ1) is 10.7. The summed E-state index contributed by atoms with van der Waals surface area (Å²) in [4.78, 5) is 12.3. The number of pyridine rings is 1. The fourth-order valence-corrected chi connectivity index (χ4v) is 2.86. The molecule has 19 heavy (non-hydrogen) atoms. The van der Waals surface area contributed by atoms with E-state index in [2.05, 4.69) is 24.7 Å². The van der Waals surface area contributed by atoms with Crippen LogP contribution in [0, 0.1) is 0 Å². The fourth-order valence-electron chi connectivity index (χ4n) is 2.86. The van der Waals surface area contributed by atoms with Gasteiger partial charge in [-0.2, -0.15) is 5.10 Å². The molecule has 1 aliphatic carbocycles. The van der Waals surface area contributed by atoms with Crippen LogP contribution in [0.4, 0.5) is 0 Å². The number of rotatable bonds is 2. The first-order valence-corrected chi connectivity index (χ1v) is 6.76. The molecule has 5 heteroatoms. The van der Waals surface area contributed by atoms with Crippen molar-refractivity contribution >= 4 is 11.2 Å². The maximum Gasteiger partial charge on any atom is 0.177 e. The van der Waals surface area contributed by atoms with E-state index in [9.17, 15) is 0 Å². The van der Waals surface area contributed by atoms with E-state index in [-0.39, 0.29) is 0 Å². The maximum absolute atomic E-state index is 4.67. The van der Waals surface area contributed by atoms with Crippen molar-refractivity contribution in [3.63, 3.8) is 0 Å². The van der Waals surface area contributed by atoms with Gasteiger partial charge in [-0.15, -0.1) is 0 Å². The lowest BCUT2D eigenvalue weighted by atomic mass is 10.2. The van der Waals surface area contributed by atoms with Crippen LogP contribution < -0.4 is 0 Å². The second kappa shape index (κ2) is 4.19. The Kier molecular flexibility index (Phi) is 2.36. The number of imidazole rings is 1. The van der Waals surface area contributed by atoms with Crippen LogP contribution in [0.5, 0.6) is 0 Å². The zero-order valence-corrected chi connectivity index (χ0v) is 10.6. The lowest BCUT2D eigenvalue weighted by Gasteiger charge is -2.08. The van der Waals surface area contributed by atoms with Crippen LogP contribution in [0.1, 0.15) is 31.7 Å². The Hall–Kier alpha value is -2.17.